The summed E-state index contributed by atoms with van der Waals surface area (Å²) in [4.78, 5) is 0. The fraction of sp³-hybridized carbons (Fsp3) is 1.00. The fourth-order valence-electron chi connectivity index (χ4n) is 7.79. The first-order valence-electron chi connectivity index (χ1n) is 12.2. The van der Waals surface area contributed by atoms with Crippen molar-refractivity contribution in [1.29, 1.82) is 0 Å². The number of ether oxygens (including phenoxy) is 4. The Labute approximate surface area is 193 Å². The Hall–Kier alpha value is -0.280. The molecule has 0 amide bonds. The van der Waals surface area contributed by atoms with Crippen LogP contribution in [0.1, 0.15) is 87.5 Å². The van der Waals surface area contributed by atoms with Crippen molar-refractivity contribution in [1.82, 2.24) is 5.32 Å². The maximum atomic E-state index is 10.8. The van der Waals surface area contributed by atoms with E-state index in [1.807, 2.05) is 0 Å². The fourth-order valence-corrected chi connectivity index (χ4v) is 7.79. The van der Waals surface area contributed by atoms with Crippen molar-refractivity contribution < 1.29 is 29.2 Å². The normalized spacial score (nSPS) is 39.4. The minimum Gasteiger partial charge on any atom is -0.394 e. The second kappa shape index (κ2) is 7.61. The second-order valence-corrected chi connectivity index (χ2v) is 13.8. The molecule has 0 aromatic rings. The maximum Gasteiger partial charge on any atom is 0.173 e. The highest BCUT2D eigenvalue weighted by Crippen LogP contribution is 2.55. The maximum absolute atomic E-state index is 10.8. The van der Waals surface area contributed by atoms with E-state index in [1.165, 1.54) is 0 Å². The predicted molar refractivity (Wildman–Crippen MR) is 121 cm³/mol. The first-order chi connectivity index (χ1) is 14.5. The molecule has 0 aromatic carbocycles. The highest BCUT2D eigenvalue weighted by Gasteiger charge is 2.61. The van der Waals surface area contributed by atoms with Crippen molar-refractivity contribution in [3.63, 3.8) is 0 Å². The predicted octanol–water partition coefficient (Wildman–Crippen LogP) is 3.11. The Balaban J connectivity index is 1.64. The van der Waals surface area contributed by atoms with Gasteiger partial charge in [0, 0.05) is 36.8 Å². The van der Waals surface area contributed by atoms with Crippen molar-refractivity contribution >= 4 is 0 Å². The van der Waals surface area contributed by atoms with E-state index in [9.17, 15) is 10.2 Å². The number of hydrogen-bond donors (Lipinski definition) is 3. The topological polar surface area (TPSA) is 89.4 Å². The van der Waals surface area contributed by atoms with Crippen LogP contribution in [0.25, 0.3) is 0 Å². The number of aliphatic hydroxyl groups is 2. The van der Waals surface area contributed by atoms with Gasteiger partial charge in [-0.1, -0.05) is 27.7 Å². The zero-order valence-corrected chi connectivity index (χ0v) is 21.3. The molecule has 3 saturated heterocycles. The van der Waals surface area contributed by atoms with Crippen molar-refractivity contribution in [3.8, 4) is 0 Å². The highest BCUT2D eigenvalue weighted by molar-refractivity contribution is 5.07. The molecule has 7 heteroatoms. The van der Waals surface area contributed by atoms with E-state index in [4.69, 9.17) is 18.9 Å². The Morgan fingerprint density at radius 1 is 0.781 bits per heavy atom. The number of aliphatic hydroxyl groups excluding tert-OH is 2. The summed E-state index contributed by atoms with van der Waals surface area (Å²) in [6, 6.07) is 0. The average molecular weight is 456 g/mol. The molecule has 0 bridgehead atoms. The molecule has 4 unspecified atom stereocenters. The van der Waals surface area contributed by atoms with Gasteiger partial charge in [-0.05, 0) is 44.9 Å². The van der Waals surface area contributed by atoms with Crippen LogP contribution in [-0.2, 0) is 18.9 Å². The average Bonchev–Trinajstić information content (AvgIpc) is 2.55. The molecule has 1 saturated carbocycles. The largest absolute Gasteiger partial charge is 0.394 e. The van der Waals surface area contributed by atoms with Crippen LogP contribution in [-0.4, -0.2) is 70.5 Å². The zero-order chi connectivity index (χ0) is 23.8. The molecule has 186 valence electrons. The van der Waals surface area contributed by atoms with Crippen LogP contribution in [0, 0.1) is 10.8 Å². The van der Waals surface area contributed by atoms with E-state index in [2.05, 4.69) is 60.7 Å². The van der Waals surface area contributed by atoms with Gasteiger partial charge in [-0.2, -0.15) is 0 Å². The lowest BCUT2D eigenvalue weighted by atomic mass is 9.62. The third-order valence-electron chi connectivity index (χ3n) is 7.39. The van der Waals surface area contributed by atoms with Gasteiger partial charge in [0.25, 0.3) is 0 Å². The van der Waals surface area contributed by atoms with Gasteiger partial charge < -0.3 is 34.5 Å². The van der Waals surface area contributed by atoms with E-state index in [0.717, 1.165) is 19.3 Å². The molecule has 0 radical (unpaired) electrons. The molecule has 3 N–H and O–H groups in total. The number of hydrogen-bond acceptors (Lipinski definition) is 7. The lowest BCUT2D eigenvalue weighted by Crippen LogP contribution is -2.73. The van der Waals surface area contributed by atoms with Gasteiger partial charge in [0.05, 0.1) is 13.2 Å². The number of piperidine rings is 1. The molecule has 3 aliphatic heterocycles. The van der Waals surface area contributed by atoms with Crippen molar-refractivity contribution in [2.75, 3.05) is 13.2 Å². The quantitative estimate of drug-likeness (QED) is 0.589. The van der Waals surface area contributed by atoms with Crippen molar-refractivity contribution in [3.05, 3.63) is 0 Å². The van der Waals surface area contributed by atoms with Crippen LogP contribution in [0.5, 0.6) is 0 Å². The van der Waals surface area contributed by atoms with E-state index >= 15 is 0 Å². The molecular weight excluding hydrogens is 410 g/mol. The number of rotatable bonds is 2. The van der Waals surface area contributed by atoms with Crippen LogP contribution < -0.4 is 5.32 Å². The van der Waals surface area contributed by atoms with E-state index in [1.54, 1.807) is 0 Å². The summed E-state index contributed by atoms with van der Waals surface area (Å²) in [5.74, 6) is -1.60. The van der Waals surface area contributed by atoms with Crippen LogP contribution in [0.3, 0.4) is 0 Å². The first-order valence-corrected chi connectivity index (χ1v) is 12.2. The third kappa shape index (κ3) is 4.90. The molecule has 4 atom stereocenters. The SMILES string of the molecule is CC1(C)CC(C)(C)CC2(C1)OCC1OC3(CC(C)(C)NC(C)(C)C3)OC(C(O)CO)C1O2. The Kier molecular flexibility index (Phi) is 5.90. The Bertz CT molecular complexity index is 683. The van der Waals surface area contributed by atoms with Gasteiger partial charge in [-0.25, -0.2) is 0 Å². The minimum atomic E-state index is -1.05. The second-order valence-electron chi connectivity index (χ2n) is 13.8. The number of fused-ring (bicyclic) bond motifs is 1. The van der Waals surface area contributed by atoms with Crippen LogP contribution in [0.4, 0.5) is 0 Å². The van der Waals surface area contributed by atoms with E-state index < -0.39 is 29.9 Å². The lowest BCUT2D eigenvalue weighted by molar-refractivity contribution is -0.445. The summed E-state index contributed by atoms with van der Waals surface area (Å²) in [5.41, 5.74) is -0.280. The van der Waals surface area contributed by atoms with Crippen LogP contribution in [0.15, 0.2) is 0 Å². The first kappa shape index (κ1) is 24.8. The van der Waals surface area contributed by atoms with Crippen molar-refractivity contribution in [2.24, 2.45) is 10.8 Å². The van der Waals surface area contributed by atoms with E-state index in [-0.39, 0.29) is 34.6 Å². The summed E-state index contributed by atoms with van der Waals surface area (Å²) in [6.07, 6.45) is 1.33. The van der Waals surface area contributed by atoms with Gasteiger partial charge in [0.1, 0.15) is 24.4 Å². The zero-order valence-electron chi connectivity index (χ0n) is 21.3. The smallest absolute Gasteiger partial charge is 0.173 e. The van der Waals surface area contributed by atoms with Gasteiger partial charge in [-0.15, -0.1) is 0 Å². The monoisotopic (exact) mass is 455 g/mol. The molecule has 7 nitrogen and oxygen atoms in total. The standard InChI is InChI=1S/C25H45NO6/c1-20(2)11-21(3,4)13-24(12-20)29-10-17-19(32-24)18(16(28)9-27)31-25(30-17)14-22(5,6)26-23(7,8)15-25/h16-19,26-28H,9-15H2,1-8H3. The lowest BCUT2D eigenvalue weighted by Gasteiger charge is -2.61. The van der Waals surface area contributed by atoms with Gasteiger partial charge in [0.2, 0.25) is 0 Å². The Morgan fingerprint density at radius 3 is 1.88 bits per heavy atom. The molecule has 32 heavy (non-hydrogen) atoms. The highest BCUT2D eigenvalue weighted by atomic mass is 16.8. The summed E-state index contributed by atoms with van der Waals surface area (Å²) in [6.45, 7) is 17.6. The van der Waals surface area contributed by atoms with Gasteiger partial charge >= 0.3 is 0 Å². The minimum absolute atomic E-state index is 0.0698. The van der Waals surface area contributed by atoms with E-state index in [0.29, 0.717) is 19.4 Å². The molecule has 0 aromatic heterocycles. The Morgan fingerprint density at radius 2 is 1.34 bits per heavy atom. The summed E-state index contributed by atoms with van der Waals surface area (Å²) < 4.78 is 26.4. The molecule has 4 rings (SSSR count). The summed E-state index contributed by atoms with van der Waals surface area (Å²) in [7, 11) is 0. The summed E-state index contributed by atoms with van der Waals surface area (Å²) in [5, 5.41) is 24.4. The summed E-state index contributed by atoms with van der Waals surface area (Å²) >= 11 is 0. The molecule has 4 fully saturated rings. The van der Waals surface area contributed by atoms with Gasteiger partial charge in [0.15, 0.2) is 11.6 Å². The van der Waals surface area contributed by atoms with Crippen LogP contribution in [0.2, 0.25) is 0 Å². The van der Waals surface area contributed by atoms with Crippen molar-refractivity contribution in [2.45, 2.75) is 135 Å². The van der Waals surface area contributed by atoms with Crippen LogP contribution >= 0.6 is 0 Å². The third-order valence-corrected chi connectivity index (χ3v) is 7.39. The van der Waals surface area contributed by atoms with Gasteiger partial charge in [-0.3, -0.25) is 0 Å². The molecule has 3 heterocycles. The molecule has 4 aliphatic rings. The number of nitrogens with one attached hydrogen (secondary N) is 1. The molecule has 2 spiro atoms. The molecule has 1 aliphatic carbocycles. The molecular formula is C25H45NO6.